The Morgan fingerprint density at radius 2 is 2.19 bits per heavy atom. The predicted molar refractivity (Wildman–Crippen MR) is 57.5 cm³/mol. The van der Waals surface area contributed by atoms with Crippen molar-refractivity contribution < 1.29 is 19.3 Å². The lowest BCUT2D eigenvalue weighted by Crippen LogP contribution is -2.29. The molecule has 0 saturated carbocycles. The second kappa shape index (κ2) is 3.57. The summed E-state index contributed by atoms with van der Waals surface area (Å²) in [5.41, 5.74) is 0.585. The Labute approximate surface area is 92.5 Å². The Morgan fingerprint density at radius 1 is 1.50 bits per heavy atom. The molecule has 0 radical (unpaired) electrons. The summed E-state index contributed by atoms with van der Waals surface area (Å²) in [6.07, 6.45) is 1.01. The maximum absolute atomic E-state index is 13.5. The number of oxime groups is 1. The predicted octanol–water partition coefficient (Wildman–Crippen LogP) is 0.587. The molecule has 1 aromatic rings. The van der Waals surface area contributed by atoms with Gasteiger partial charge in [-0.15, -0.1) is 0 Å². The number of hydrogen-bond donors (Lipinski definition) is 2. The molecule has 0 amide bonds. The Balaban J connectivity index is 2.61. The van der Waals surface area contributed by atoms with Crippen LogP contribution in [0.1, 0.15) is 25.0 Å². The van der Waals surface area contributed by atoms with Gasteiger partial charge < -0.3 is 14.9 Å². The summed E-state index contributed by atoms with van der Waals surface area (Å²) in [5, 5.41) is 20.8. The molecule has 1 aliphatic rings. The Bertz CT molecular complexity index is 462. The molecule has 1 aliphatic heterocycles. The summed E-state index contributed by atoms with van der Waals surface area (Å²) in [7, 11) is -1.11. The molecule has 0 spiro atoms. The summed E-state index contributed by atoms with van der Waals surface area (Å²) in [5.74, 6) is -0.558. The molecule has 16 heavy (non-hydrogen) atoms. The highest BCUT2D eigenvalue weighted by Crippen LogP contribution is 2.30. The SMILES string of the molecule is CC1(C)OB(O)c2cc(F)c(C=NO)cc21. The fraction of sp³-hybridized carbons (Fsp3) is 0.300. The monoisotopic (exact) mass is 223 g/mol. The van der Waals surface area contributed by atoms with Gasteiger partial charge in [-0.2, -0.15) is 0 Å². The summed E-state index contributed by atoms with van der Waals surface area (Å²) in [4.78, 5) is 0. The third-order valence-electron chi connectivity index (χ3n) is 2.69. The van der Waals surface area contributed by atoms with Crippen molar-refractivity contribution in [2.75, 3.05) is 0 Å². The molecule has 4 nitrogen and oxygen atoms in total. The smallest absolute Gasteiger partial charge is 0.423 e. The van der Waals surface area contributed by atoms with Crippen molar-refractivity contribution in [1.82, 2.24) is 0 Å². The molecule has 6 heteroatoms. The second-order valence-corrected chi connectivity index (χ2v) is 4.19. The van der Waals surface area contributed by atoms with Gasteiger partial charge in [0, 0.05) is 5.56 Å². The number of rotatable bonds is 1. The van der Waals surface area contributed by atoms with Crippen LogP contribution in [0.3, 0.4) is 0 Å². The normalized spacial score (nSPS) is 18.1. The average Bonchev–Trinajstić information content (AvgIpc) is 2.39. The molecule has 1 heterocycles. The van der Waals surface area contributed by atoms with Gasteiger partial charge in [-0.3, -0.25) is 0 Å². The van der Waals surface area contributed by atoms with E-state index in [2.05, 4.69) is 5.16 Å². The van der Waals surface area contributed by atoms with Gasteiger partial charge >= 0.3 is 7.12 Å². The summed E-state index contributed by atoms with van der Waals surface area (Å²) in [6, 6.07) is 2.71. The van der Waals surface area contributed by atoms with Crippen molar-refractivity contribution in [1.29, 1.82) is 0 Å². The first-order valence-electron chi connectivity index (χ1n) is 4.83. The van der Waals surface area contributed by atoms with E-state index in [1.165, 1.54) is 12.1 Å². The van der Waals surface area contributed by atoms with Crippen molar-refractivity contribution in [2.45, 2.75) is 19.4 Å². The number of nitrogens with zero attached hydrogens (tertiary/aromatic N) is 1. The van der Waals surface area contributed by atoms with Crippen molar-refractivity contribution >= 4 is 18.8 Å². The number of fused-ring (bicyclic) bond motifs is 1. The number of benzene rings is 1. The average molecular weight is 223 g/mol. The fourth-order valence-corrected chi connectivity index (χ4v) is 1.90. The van der Waals surface area contributed by atoms with Crippen LogP contribution in [0.2, 0.25) is 0 Å². The lowest BCUT2D eigenvalue weighted by Gasteiger charge is -2.19. The minimum absolute atomic E-state index is 0.159. The highest BCUT2D eigenvalue weighted by Gasteiger charge is 2.41. The van der Waals surface area contributed by atoms with Crippen molar-refractivity contribution in [3.05, 3.63) is 29.1 Å². The van der Waals surface area contributed by atoms with E-state index >= 15 is 0 Å². The molecular weight excluding hydrogens is 212 g/mol. The summed E-state index contributed by atoms with van der Waals surface area (Å²) in [6.45, 7) is 3.56. The molecule has 2 rings (SSSR count). The molecule has 0 aliphatic carbocycles. The molecule has 2 N–H and O–H groups in total. The van der Waals surface area contributed by atoms with Crippen LogP contribution in [-0.2, 0) is 10.3 Å². The van der Waals surface area contributed by atoms with Crippen LogP contribution in [0, 0.1) is 5.82 Å². The van der Waals surface area contributed by atoms with Crippen molar-refractivity contribution in [3.8, 4) is 0 Å². The van der Waals surface area contributed by atoms with E-state index in [1.807, 2.05) is 0 Å². The molecule has 0 unspecified atom stereocenters. The molecular formula is C10H11BFNO3. The first-order chi connectivity index (χ1) is 7.45. The van der Waals surface area contributed by atoms with E-state index in [-0.39, 0.29) is 5.56 Å². The lowest BCUT2D eigenvalue weighted by atomic mass is 9.77. The zero-order valence-electron chi connectivity index (χ0n) is 8.94. The molecule has 0 fully saturated rings. The van der Waals surface area contributed by atoms with Gasteiger partial charge in [0.15, 0.2) is 0 Å². The third-order valence-corrected chi connectivity index (χ3v) is 2.69. The van der Waals surface area contributed by atoms with Gasteiger partial charge in [-0.1, -0.05) is 5.16 Å². The van der Waals surface area contributed by atoms with Gasteiger partial charge in [0.05, 0.1) is 11.8 Å². The van der Waals surface area contributed by atoms with Crippen LogP contribution >= 0.6 is 0 Å². The van der Waals surface area contributed by atoms with E-state index in [0.29, 0.717) is 11.0 Å². The second-order valence-electron chi connectivity index (χ2n) is 4.19. The molecule has 0 atom stereocenters. The molecule has 84 valence electrons. The maximum atomic E-state index is 13.5. The first-order valence-corrected chi connectivity index (χ1v) is 4.83. The van der Waals surface area contributed by atoms with E-state index in [4.69, 9.17) is 9.86 Å². The summed E-state index contributed by atoms with van der Waals surface area (Å²) < 4.78 is 18.8. The van der Waals surface area contributed by atoms with Gasteiger partial charge in [0.1, 0.15) is 5.82 Å². The van der Waals surface area contributed by atoms with Crippen LogP contribution in [-0.4, -0.2) is 23.6 Å². The minimum Gasteiger partial charge on any atom is -0.423 e. The zero-order chi connectivity index (χ0) is 11.9. The van der Waals surface area contributed by atoms with E-state index in [1.54, 1.807) is 13.8 Å². The topological polar surface area (TPSA) is 62.0 Å². The van der Waals surface area contributed by atoms with Gasteiger partial charge in [-0.25, -0.2) is 4.39 Å². The van der Waals surface area contributed by atoms with Crippen LogP contribution in [0.15, 0.2) is 17.3 Å². The number of hydrogen-bond acceptors (Lipinski definition) is 4. The quantitative estimate of drug-likeness (QED) is 0.317. The van der Waals surface area contributed by atoms with Crippen LogP contribution in [0.5, 0.6) is 0 Å². The Kier molecular flexibility index (Phi) is 2.48. The molecule has 0 bridgehead atoms. The Morgan fingerprint density at radius 3 is 2.81 bits per heavy atom. The highest BCUT2D eigenvalue weighted by atomic mass is 19.1. The Hall–Kier alpha value is -1.40. The minimum atomic E-state index is -1.11. The fourth-order valence-electron chi connectivity index (χ4n) is 1.90. The van der Waals surface area contributed by atoms with Crippen molar-refractivity contribution in [2.24, 2.45) is 5.16 Å². The van der Waals surface area contributed by atoms with E-state index in [0.717, 1.165) is 6.21 Å². The van der Waals surface area contributed by atoms with Crippen LogP contribution < -0.4 is 5.46 Å². The summed E-state index contributed by atoms with van der Waals surface area (Å²) >= 11 is 0. The lowest BCUT2D eigenvalue weighted by molar-refractivity contribution is 0.101. The zero-order valence-corrected chi connectivity index (χ0v) is 8.94. The maximum Gasteiger partial charge on any atom is 0.492 e. The van der Waals surface area contributed by atoms with Gasteiger partial charge in [0.2, 0.25) is 0 Å². The van der Waals surface area contributed by atoms with Gasteiger partial charge in [-0.05, 0) is 37.0 Å². The molecule has 0 saturated heterocycles. The van der Waals surface area contributed by atoms with Crippen LogP contribution in [0.4, 0.5) is 4.39 Å². The van der Waals surface area contributed by atoms with E-state index < -0.39 is 18.5 Å². The highest BCUT2D eigenvalue weighted by molar-refractivity contribution is 6.62. The van der Waals surface area contributed by atoms with Crippen molar-refractivity contribution in [3.63, 3.8) is 0 Å². The molecule has 1 aromatic carbocycles. The van der Waals surface area contributed by atoms with Gasteiger partial charge in [0.25, 0.3) is 0 Å². The first kappa shape index (κ1) is 11.1. The number of halogens is 1. The standard InChI is InChI=1S/C10H11BFNO3/c1-10(2)7-3-6(5-13-15)9(12)4-8(7)11(14)16-10/h3-5,14-15H,1-2H3. The largest absolute Gasteiger partial charge is 0.492 e. The van der Waals surface area contributed by atoms with E-state index in [9.17, 15) is 9.41 Å². The third kappa shape index (κ3) is 1.60. The van der Waals surface area contributed by atoms with Crippen LogP contribution in [0.25, 0.3) is 0 Å². The molecule has 0 aromatic heterocycles.